The van der Waals surface area contributed by atoms with E-state index in [4.69, 9.17) is 4.52 Å². The molecule has 0 aliphatic rings. The summed E-state index contributed by atoms with van der Waals surface area (Å²) in [5.41, 5.74) is -0.473. The van der Waals surface area contributed by atoms with Crippen molar-refractivity contribution in [1.29, 1.82) is 0 Å². The number of carbonyl (C=O) groups is 1. The molecule has 3 rings (SSSR count). The largest absolute Gasteiger partial charge is 0.433 e. The highest BCUT2D eigenvalue weighted by atomic mass is 19.4. The Morgan fingerprint density at radius 1 is 1.19 bits per heavy atom. The lowest BCUT2D eigenvalue weighted by atomic mass is 10.2. The minimum Gasteiger partial charge on any atom is -0.341 e. The van der Waals surface area contributed by atoms with Gasteiger partial charge in [0.15, 0.2) is 0 Å². The summed E-state index contributed by atoms with van der Waals surface area (Å²) in [4.78, 5) is 19.5. The molecule has 26 heavy (non-hydrogen) atoms. The SMILES string of the molecule is CC(NC(=O)c1ccccc1)c1nc(-c2ccnc(C(F)(F)F)c2)no1. The van der Waals surface area contributed by atoms with Crippen LogP contribution < -0.4 is 5.32 Å². The molecule has 3 aromatic rings. The average molecular weight is 362 g/mol. The van der Waals surface area contributed by atoms with E-state index in [1.54, 1.807) is 37.3 Å². The zero-order chi connectivity index (χ0) is 18.7. The van der Waals surface area contributed by atoms with Gasteiger partial charge in [0.2, 0.25) is 11.7 Å². The summed E-state index contributed by atoms with van der Waals surface area (Å²) in [5.74, 6) is -0.274. The maximum atomic E-state index is 12.7. The molecule has 1 unspecified atom stereocenters. The van der Waals surface area contributed by atoms with Crippen LogP contribution in [0.3, 0.4) is 0 Å². The molecule has 0 aliphatic carbocycles. The first-order valence-corrected chi connectivity index (χ1v) is 7.58. The molecule has 1 aromatic carbocycles. The number of pyridine rings is 1. The van der Waals surface area contributed by atoms with Crippen LogP contribution in [0.1, 0.15) is 34.9 Å². The van der Waals surface area contributed by atoms with E-state index in [0.717, 1.165) is 12.3 Å². The quantitative estimate of drug-likeness (QED) is 0.766. The standard InChI is InChI=1S/C17H13F3N4O2/c1-10(22-15(25)11-5-3-2-4-6-11)16-23-14(24-26-16)12-7-8-21-13(9-12)17(18,19)20/h2-10H,1H3,(H,22,25). The van der Waals surface area contributed by atoms with Crippen molar-refractivity contribution in [2.45, 2.75) is 19.1 Å². The Kier molecular flexibility index (Phi) is 4.70. The highest BCUT2D eigenvalue weighted by molar-refractivity contribution is 5.94. The van der Waals surface area contributed by atoms with Crippen LogP contribution in [0.25, 0.3) is 11.4 Å². The van der Waals surface area contributed by atoms with Gasteiger partial charge < -0.3 is 9.84 Å². The fourth-order valence-corrected chi connectivity index (χ4v) is 2.18. The zero-order valence-corrected chi connectivity index (χ0v) is 13.5. The first-order chi connectivity index (χ1) is 12.3. The first-order valence-electron chi connectivity index (χ1n) is 7.58. The van der Waals surface area contributed by atoms with E-state index in [1.807, 2.05) is 0 Å². The van der Waals surface area contributed by atoms with E-state index in [1.165, 1.54) is 6.07 Å². The van der Waals surface area contributed by atoms with Crippen LogP contribution in [0, 0.1) is 0 Å². The predicted molar refractivity (Wildman–Crippen MR) is 84.9 cm³/mol. The van der Waals surface area contributed by atoms with Crippen molar-refractivity contribution >= 4 is 5.91 Å². The molecule has 0 bridgehead atoms. The number of hydrogen-bond donors (Lipinski definition) is 1. The van der Waals surface area contributed by atoms with Crippen molar-refractivity contribution in [3.05, 3.63) is 65.8 Å². The van der Waals surface area contributed by atoms with Crippen LogP contribution >= 0.6 is 0 Å². The Morgan fingerprint density at radius 2 is 1.92 bits per heavy atom. The Bertz CT molecular complexity index is 910. The van der Waals surface area contributed by atoms with Gasteiger partial charge in [0.1, 0.15) is 11.7 Å². The third-order valence-electron chi connectivity index (χ3n) is 3.50. The van der Waals surface area contributed by atoms with Gasteiger partial charge in [-0.2, -0.15) is 18.2 Å². The molecule has 2 aromatic heterocycles. The Hall–Kier alpha value is -3.23. The molecule has 134 valence electrons. The van der Waals surface area contributed by atoms with Gasteiger partial charge in [-0.15, -0.1) is 0 Å². The number of carbonyl (C=O) groups excluding carboxylic acids is 1. The van der Waals surface area contributed by atoms with E-state index < -0.39 is 17.9 Å². The van der Waals surface area contributed by atoms with Gasteiger partial charge in [-0.1, -0.05) is 23.4 Å². The molecule has 1 amide bonds. The van der Waals surface area contributed by atoms with E-state index in [2.05, 4.69) is 20.4 Å². The zero-order valence-electron chi connectivity index (χ0n) is 13.5. The summed E-state index contributed by atoms with van der Waals surface area (Å²) in [5, 5.41) is 6.36. The van der Waals surface area contributed by atoms with Crippen molar-refractivity contribution in [3.8, 4) is 11.4 Å². The van der Waals surface area contributed by atoms with Gasteiger partial charge in [0.05, 0.1) is 0 Å². The maximum absolute atomic E-state index is 12.7. The van der Waals surface area contributed by atoms with Crippen molar-refractivity contribution in [1.82, 2.24) is 20.4 Å². The highest BCUT2D eigenvalue weighted by Gasteiger charge is 2.33. The Balaban J connectivity index is 1.76. The maximum Gasteiger partial charge on any atom is 0.433 e. The molecule has 2 heterocycles. The van der Waals surface area contributed by atoms with Crippen LogP contribution in [0.15, 0.2) is 53.2 Å². The van der Waals surface area contributed by atoms with Gasteiger partial charge in [-0.25, -0.2) is 0 Å². The lowest BCUT2D eigenvalue weighted by Gasteiger charge is -2.09. The second-order valence-electron chi connectivity index (χ2n) is 5.44. The number of amides is 1. The highest BCUT2D eigenvalue weighted by Crippen LogP contribution is 2.29. The molecule has 0 aliphatic heterocycles. The minimum absolute atomic E-state index is 0.0197. The summed E-state index contributed by atoms with van der Waals surface area (Å²) >= 11 is 0. The molecule has 6 nitrogen and oxygen atoms in total. The number of rotatable bonds is 4. The number of hydrogen-bond acceptors (Lipinski definition) is 5. The fourth-order valence-electron chi connectivity index (χ4n) is 2.18. The van der Waals surface area contributed by atoms with Crippen LogP contribution in [0.4, 0.5) is 13.2 Å². The topological polar surface area (TPSA) is 80.9 Å². The van der Waals surface area contributed by atoms with Crippen molar-refractivity contribution < 1.29 is 22.5 Å². The van der Waals surface area contributed by atoms with E-state index in [-0.39, 0.29) is 23.2 Å². The average Bonchev–Trinajstić information content (AvgIpc) is 3.12. The molecule has 0 fully saturated rings. The summed E-state index contributed by atoms with van der Waals surface area (Å²) in [6.07, 6.45) is -3.55. The summed E-state index contributed by atoms with van der Waals surface area (Å²) in [6.45, 7) is 1.63. The molecular formula is C17H13F3N4O2. The van der Waals surface area contributed by atoms with Crippen molar-refractivity contribution in [3.63, 3.8) is 0 Å². The second kappa shape index (κ2) is 6.95. The fraction of sp³-hybridized carbons (Fsp3) is 0.176. The molecule has 1 N–H and O–H groups in total. The van der Waals surface area contributed by atoms with Crippen molar-refractivity contribution in [2.75, 3.05) is 0 Å². The van der Waals surface area contributed by atoms with Crippen LogP contribution in [-0.4, -0.2) is 21.0 Å². The first kappa shape index (κ1) is 17.6. The van der Waals surface area contributed by atoms with Crippen LogP contribution in [0.5, 0.6) is 0 Å². The molecule has 1 atom stereocenters. The van der Waals surface area contributed by atoms with Gasteiger partial charge >= 0.3 is 6.18 Å². The molecule has 0 radical (unpaired) electrons. The third kappa shape index (κ3) is 3.88. The molecule has 0 spiro atoms. The normalized spacial score (nSPS) is 12.6. The second-order valence-corrected chi connectivity index (χ2v) is 5.44. The van der Waals surface area contributed by atoms with Gasteiger partial charge in [-0.3, -0.25) is 9.78 Å². The Morgan fingerprint density at radius 3 is 2.62 bits per heavy atom. The molecule has 9 heteroatoms. The molecule has 0 saturated heterocycles. The number of benzene rings is 1. The van der Waals surface area contributed by atoms with Crippen LogP contribution in [0.2, 0.25) is 0 Å². The van der Waals surface area contributed by atoms with Crippen LogP contribution in [-0.2, 0) is 6.18 Å². The lowest BCUT2D eigenvalue weighted by Crippen LogP contribution is -2.26. The minimum atomic E-state index is -4.57. The predicted octanol–water partition coefficient (Wildman–Crippen LogP) is 3.64. The number of nitrogens with zero attached hydrogens (tertiary/aromatic N) is 3. The van der Waals surface area contributed by atoms with Gasteiger partial charge in [-0.05, 0) is 31.2 Å². The molecule has 0 saturated carbocycles. The monoisotopic (exact) mass is 362 g/mol. The van der Waals surface area contributed by atoms with Gasteiger partial charge in [0, 0.05) is 17.3 Å². The smallest absolute Gasteiger partial charge is 0.341 e. The lowest BCUT2D eigenvalue weighted by molar-refractivity contribution is -0.141. The molecular weight excluding hydrogens is 349 g/mol. The number of halogens is 3. The van der Waals surface area contributed by atoms with Crippen molar-refractivity contribution in [2.24, 2.45) is 0 Å². The number of alkyl halides is 3. The Labute approximate surface area is 146 Å². The van der Waals surface area contributed by atoms with Gasteiger partial charge in [0.25, 0.3) is 5.91 Å². The van der Waals surface area contributed by atoms with E-state index >= 15 is 0 Å². The van der Waals surface area contributed by atoms with E-state index in [9.17, 15) is 18.0 Å². The third-order valence-corrected chi connectivity index (χ3v) is 3.50. The van der Waals surface area contributed by atoms with E-state index in [0.29, 0.717) is 5.56 Å². The summed E-state index contributed by atoms with van der Waals surface area (Å²) < 4.78 is 43.3. The summed E-state index contributed by atoms with van der Waals surface area (Å²) in [7, 11) is 0. The summed E-state index contributed by atoms with van der Waals surface area (Å²) in [6, 6.07) is 10.1. The number of nitrogens with one attached hydrogen (secondary N) is 1. The number of aromatic nitrogens is 3.